The highest BCUT2D eigenvalue weighted by atomic mass is 32.2. The summed E-state index contributed by atoms with van der Waals surface area (Å²) in [5.74, 6) is 0.0342. The van der Waals surface area contributed by atoms with E-state index in [-0.39, 0.29) is 5.91 Å². The van der Waals surface area contributed by atoms with E-state index in [2.05, 4.69) is 31.1 Å². The number of H-pyrrole nitrogens is 1. The molecule has 3 heterocycles. The first-order valence-corrected chi connectivity index (χ1v) is 11.6. The molecule has 1 aromatic carbocycles. The third-order valence-electron chi connectivity index (χ3n) is 5.23. The summed E-state index contributed by atoms with van der Waals surface area (Å²) in [6.45, 7) is 1.81. The Morgan fingerprint density at radius 2 is 2.10 bits per heavy atom. The molecule has 10 heteroatoms. The van der Waals surface area contributed by atoms with Crippen molar-refractivity contribution in [3.05, 3.63) is 47.5 Å². The standard InChI is InChI=1S/C21H20N6O2S2/c1-11(19(29)24-20-14(17(22)28)8-9-30-20)31-21-26-25-18(27(21)12-6-7-12)15-10-23-16-5-3-2-4-13(15)16/h2-5,8-12,23H,6-7H2,1H3,(H2,22,28)(H,24,29). The number of primary amides is 1. The van der Waals surface area contributed by atoms with Crippen molar-refractivity contribution in [2.24, 2.45) is 5.73 Å². The number of fused-ring (bicyclic) bond motifs is 1. The maximum atomic E-state index is 12.8. The van der Waals surface area contributed by atoms with Gasteiger partial charge in [-0.2, -0.15) is 0 Å². The molecule has 8 nitrogen and oxygen atoms in total. The second-order valence-electron chi connectivity index (χ2n) is 7.43. The number of carbonyl (C=O) groups excluding carboxylic acids is 2. The van der Waals surface area contributed by atoms with E-state index in [9.17, 15) is 9.59 Å². The van der Waals surface area contributed by atoms with Crippen molar-refractivity contribution in [3.8, 4) is 11.4 Å². The lowest BCUT2D eigenvalue weighted by molar-refractivity contribution is -0.115. The Kier molecular flexibility index (Phi) is 5.03. The van der Waals surface area contributed by atoms with Gasteiger partial charge in [-0.15, -0.1) is 21.5 Å². The fourth-order valence-electron chi connectivity index (χ4n) is 3.48. The number of nitrogens with zero attached hydrogens (tertiary/aromatic N) is 3. The molecule has 0 spiro atoms. The Morgan fingerprint density at radius 3 is 2.87 bits per heavy atom. The number of para-hydroxylation sites is 1. The van der Waals surface area contributed by atoms with Crippen LogP contribution in [0.4, 0.5) is 5.00 Å². The van der Waals surface area contributed by atoms with E-state index < -0.39 is 11.2 Å². The number of benzene rings is 1. The van der Waals surface area contributed by atoms with Crippen LogP contribution in [-0.2, 0) is 4.79 Å². The molecule has 1 saturated carbocycles. The molecule has 158 valence electrons. The van der Waals surface area contributed by atoms with Gasteiger partial charge in [0, 0.05) is 28.7 Å². The van der Waals surface area contributed by atoms with Crippen molar-refractivity contribution in [1.29, 1.82) is 0 Å². The zero-order valence-electron chi connectivity index (χ0n) is 16.7. The minimum absolute atomic E-state index is 0.214. The first-order chi connectivity index (χ1) is 15.0. The van der Waals surface area contributed by atoms with E-state index in [0.717, 1.165) is 35.1 Å². The maximum Gasteiger partial charge on any atom is 0.251 e. The maximum absolute atomic E-state index is 12.8. The van der Waals surface area contributed by atoms with Gasteiger partial charge >= 0.3 is 0 Å². The monoisotopic (exact) mass is 452 g/mol. The van der Waals surface area contributed by atoms with Crippen molar-refractivity contribution in [2.75, 3.05) is 5.32 Å². The topological polar surface area (TPSA) is 119 Å². The molecule has 3 aromatic heterocycles. The highest BCUT2D eigenvalue weighted by Crippen LogP contribution is 2.43. The molecule has 1 fully saturated rings. The second kappa shape index (κ2) is 7.86. The number of thioether (sulfide) groups is 1. The van der Waals surface area contributed by atoms with Crippen molar-refractivity contribution < 1.29 is 9.59 Å². The van der Waals surface area contributed by atoms with Crippen LogP contribution >= 0.6 is 23.1 Å². The van der Waals surface area contributed by atoms with Gasteiger partial charge < -0.3 is 16.0 Å². The molecule has 0 bridgehead atoms. The molecule has 4 N–H and O–H groups in total. The number of anilines is 1. The number of rotatable bonds is 7. The van der Waals surface area contributed by atoms with Gasteiger partial charge in [0.25, 0.3) is 5.91 Å². The van der Waals surface area contributed by atoms with Gasteiger partial charge in [-0.05, 0) is 37.3 Å². The molecule has 2 amide bonds. The van der Waals surface area contributed by atoms with Crippen LogP contribution in [0.5, 0.6) is 0 Å². The molecule has 4 aromatic rings. The summed E-state index contributed by atoms with van der Waals surface area (Å²) in [7, 11) is 0. The number of thiophene rings is 1. The lowest BCUT2D eigenvalue weighted by atomic mass is 10.1. The van der Waals surface area contributed by atoms with Crippen molar-refractivity contribution in [2.45, 2.75) is 36.2 Å². The number of hydrogen-bond acceptors (Lipinski definition) is 6. The van der Waals surface area contributed by atoms with Gasteiger partial charge in [0.1, 0.15) is 5.00 Å². The number of nitrogens with one attached hydrogen (secondary N) is 2. The van der Waals surface area contributed by atoms with Gasteiger partial charge in [0.15, 0.2) is 11.0 Å². The SMILES string of the molecule is CC(Sc1nnc(-c2c[nH]c3ccccc23)n1C1CC1)C(=O)Nc1sccc1C(N)=O. The van der Waals surface area contributed by atoms with Crippen LogP contribution in [0.3, 0.4) is 0 Å². The average Bonchev–Trinajstić information content (AvgIpc) is 3.14. The Bertz CT molecular complexity index is 1290. The van der Waals surface area contributed by atoms with Crippen molar-refractivity contribution in [3.63, 3.8) is 0 Å². The van der Waals surface area contributed by atoms with Gasteiger partial charge in [0.05, 0.1) is 10.8 Å². The zero-order valence-corrected chi connectivity index (χ0v) is 18.3. The molecule has 1 atom stereocenters. The summed E-state index contributed by atoms with van der Waals surface area (Å²) < 4.78 is 2.14. The smallest absolute Gasteiger partial charge is 0.251 e. The summed E-state index contributed by atoms with van der Waals surface area (Å²) in [5, 5.41) is 15.3. The minimum atomic E-state index is -0.561. The summed E-state index contributed by atoms with van der Waals surface area (Å²) in [4.78, 5) is 27.6. The lowest BCUT2D eigenvalue weighted by Gasteiger charge is -2.13. The Labute approximate surface area is 186 Å². The predicted octanol–water partition coefficient (Wildman–Crippen LogP) is 4.04. The molecular formula is C21H20N6O2S2. The molecule has 0 saturated heterocycles. The van der Waals surface area contributed by atoms with Crippen molar-refractivity contribution >= 4 is 50.8 Å². The summed E-state index contributed by atoms with van der Waals surface area (Å²) in [6.07, 6.45) is 4.09. The van der Waals surface area contributed by atoms with E-state index >= 15 is 0 Å². The third-order valence-corrected chi connectivity index (χ3v) is 7.11. The van der Waals surface area contributed by atoms with Crippen LogP contribution in [0.15, 0.2) is 47.1 Å². The van der Waals surface area contributed by atoms with Crippen LogP contribution in [0.25, 0.3) is 22.3 Å². The van der Waals surface area contributed by atoms with E-state index in [0.29, 0.717) is 21.8 Å². The van der Waals surface area contributed by atoms with Crippen LogP contribution in [0.1, 0.15) is 36.2 Å². The van der Waals surface area contributed by atoms with Crippen LogP contribution in [0.2, 0.25) is 0 Å². The third kappa shape index (κ3) is 3.72. The summed E-state index contributed by atoms with van der Waals surface area (Å²) in [5.41, 5.74) is 7.74. The van der Waals surface area contributed by atoms with Gasteiger partial charge in [-0.1, -0.05) is 30.0 Å². The fourth-order valence-corrected chi connectivity index (χ4v) is 5.20. The Balaban J connectivity index is 1.40. The number of carbonyl (C=O) groups is 2. The summed E-state index contributed by atoms with van der Waals surface area (Å²) >= 11 is 2.63. The molecule has 1 aliphatic carbocycles. The summed E-state index contributed by atoms with van der Waals surface area (Å²) in [6, 6.07) is 10.0. The average molecular weight is 453 g/mol. The quantitative estimate of drug-likeness (QED) is 0.366. The number of aromatic amines is 1. The van der Waals surface area contributed by atoms with Crippen molar-refractivity contribution in [1.82, 2.24) is 19.7 Å². The number of amides is 2. The van der Waals surface area contributed by atoms with E-state index in [1.807, 2.05) is 31.3 Å². The highest BCUT2D eigenvalue weighted by Gasteiger charge is 2.32. The first-order valence-electron chi connectivity index (χ1n) is 9.89. The molecule has 0 aliphatic heterocycles. The number of hydrogen-bond donors (Lipinski definition) is 3. The van der Waals surface area contributed by atoms with Gasteiger partial charge in [0.2, 0.25) is 5.91 Å². The fraction of sp³-hybridized carbons (Fsp3) is 0.238. The Hall–Kier alpha value is -3.11. The highest BCUT2D eigenvalue weighted by molar-refractivity contribution is 8.00. The minimum Gasteiger partial charge on any atom is -0.366 e. The van der Waals surface area contributed by atoms with Crippen LogP contribution < -0.4 is 11.1 Å². The number of aromatic nitrogens is 4. The molecule has 31 heavy (non-hydrogen) atoms. The van der Waals surface area contributed by atoms with E-state index in [1.165, 1.54) is 23.1 Å². The first kappa shape index (κ1) is 19.8. The second-order valence-corrected chi connectivity index (χ2v) is 9.66. The molecular weight excluding hydrogens is 432 g/mol. The zero-order chi connectivity index (χ0) is 21.5. The molecule has 1 unspecified atom stereocenters. The van der Waals surface area contributed by atoms with Gasteiger partial charge in [-0.25, -0.2) is 0 Å². The predicted molar refractivity (Wildman–Crippen MR) is 122 cm³/mol. The van der Waals surface area contributed by atoms with Crippen LogP contribution in [0, 0.1) is 0 Å². The van der Waals surface area contributed by atoms with E-state index in [1.54, 1.807) is 11.4 Å². The molecule has 1 aliphatic rings. The van der Waals surface area contributed by atoms with E-state index in [4.69, 9.17) is 5.73 Å². The lowest BCUT2D eigenvalue weighted by Crippen LogP contribution is -2.24. The molecule has 5 rings (SSSR count). The normalized spacial score (nSPS) is 14.6. The van der Waals surface area contributed by atoms with Gasteiger partial charge in [-0.3, -0.25) is 14.2 Å². The van der Waals surface area contributed by atoms with Crippen LogP contribution in [-0.4, -0.2) is 36.8 Å². The largest absolute Gasteiger partial charge is 0.366 e. The number of nitrogens with two attached hydrogens (primary N) is 1. The molecule has 0 radical (unpaired) electrons. The Morgan fingerprint density at radius 1 is 1.29 bits per heavy atom.